The zero-order valence-electron chi connectivity index (χ0n) is 12.5. The Labute approximate surface area is 115 Å². The van der Waals surface area contributed by atoms with E-state index in [1.165, 1.54) is 5.56 Å². The lowest BCUT2D eigenvalue weighted by Gasteiger charge is -2.18. The van der Waals surface area contributed by atoms with Crippen molar-refractivity contribution in [1.82, 2.24) is 0 Å². The highest BCUT2D eigenvalue weighted by Crippen LogP contribution is 2.15. The van der Waals surface area contributed by atoms with E-state index >= 15 is 0 Å². The fourth-order valence-electron chi connectivity index (χ4n) is 1.49. The maximum absolute atomic E-state index is 11.7. The summed E-state index contributed by atoms with van der Waals surface area (Å²) in [5.41, 5.74) is 1.19. The molecule has 1 aromatic rings. The van der Waals surface area contributed by atoms with E-state index < -0.39 is 0 Å². The summed E-state index contributed by atoms with van der Waals surface area (Å²) in [6.45, 7) is 10.1. The molecule has 0 aliphatic heterocycles. The molecule has 1 aromatic carbocycles. The summed E-state index contributed by atoms with van der Waals surface area (Å²) in [6, 6.07) is 7.83. The number of benzene rings is 1. The maximum Gasteiger partial charge on any atom is 0.309 e. The first-order valence-electron chi connectivity index (χ1n) is 6.80. The van der Waals surface area contributed by atoms with Crippen molar-refractivity contribution in [2.24, 2.45) is 11.8 Å². The highest BCUT2D eigenvalue weighted by atomic mass is 16.6. The number of hydrogen-bond acceptors (Lipinski definition) is 3. The molecule has 3 nitrogen and oxygen atoms in total. The largest absolute Gasteiger partial charge is 0.487 e. The number of hydrogen-bond donors (Lipinski definition) is 0. The number of carbonyl (C=O) groups excluding carboxylic acids is 1. The molecule has 0 bridgehead atoms. The Bertz CT molecular complexity index is 395. The monoisotopic (exact) mass is 264 g/mol. The fourth-order valence-corrected chi connectivity index (χ4v) is 1.49. The normalized spacial score (nSPS) is 14.0. The van der Waals surface area contributed by atoms with E-state index in [9.17, 15) is 4.79 Å². The molecule has 0 heterocycles. The van der Waals surface area contributed by atoms with E-state index in [4.69, 9.17) is 9.47 Å². The fraction of sp³-hybridized carbons (Fsp3) is 0.562. The Kier molecular flexibility index (Phi) is 5.87. The van der Waals surface area contributed by atoms with Gasteiger partial charge in [0.1, 0.15) is 18.5 Å². The topological polar surface area (TPSA) is 35.5 Å². The average Bonchev–Trinajstić information content (AvgIpc) is 2.37. The van der Waals surface area contributed by atoms with Crippen LogP contribution in [0.2, 0.25) is 0 Å². The molecule has 0 spiro atoms. The lowest BCUT2D eigenvalue weighted by Crippen LogP contribution is -2.26. The van der Waals surface area contributed by atoms with E-state index in [-0.39, 0.29) is 24.6 Å². The van der Waals surface area contributed by atoms with Gasteiger partial charge in [0.2, 0.25) is 0 Å². The Morgan fingerprint density at radius 2 is 1.68 bits per heavy atom. The zero-order valence-corrected chi connectivity index (χ0v) is 12.5. The van der Waals surface area contributed by atoms with Gasteiger partial charge in [0.15, 0.2) is 0 Å². The lowest BCUT2D eigenvalue weighted by atomic mass is 9.99. The van der Waals surface area contributed by atoms with Gasteiger partial charge in [-0.2, -0.15) is 0 Å². The Balaban J connectivity index is 2.37. The summed E-state index contributed by atoms with van der Waals surface area (Å²) in [7, 11) is 0. The molecule has 0 amide bonds. The minimum absolute atomic E-state index is 0.0772. The number of carbonyl (C=O) groups is 1. The van der Waals surface area contributed by atoms with Crippen molar-refractivity contribution in [2.45, 2.75) is 40.7 Å². The van der Waals surface area contributed by atoms with Crippen LogP contribution in [0, 0.1) is 18.8 Å². The summed E-state index contributed by atoms with van der Waals surface area (Å²) in [6.07, 6.45) is -0.147. The molecule has 2 unspecified atom stereocenters. The predicted molar refractivity (Wildman–Crippen MR) is 76.2 cm³/mol. The summed E-state index contributed by atoms with van der Waals surface area (Å²) in [5, 5.41) is 0. The highest BCUT2D eigenvalue weighted by molar-refractivity contribution is 5.72. The van der Waals surface area contributed by atoms with Gasteiger partial charge in [-0.05, 0) is 31.9 Å². The van der Waals surface area contributed by atoms with Crippen LogP contribution in [0.4, 0.5) is 0 Å². The van der Waals surface area contributed by atoms with Crippen molar-refractivity contribution in [3.63, 3.8) is 0 Å². The van der Waals surface area contributed by atoms with Crippen LogP contribution in [0.15, 0.2) is 24.3 Å². The van der Waals surface area contributed by atoms with Crippen LogP contribution in [0.25, 0.3) is 0 Å². The lowest BCUT2D eigenvalue weighted by molar-refractivity contribution is -0.151. The van der Waals surface area contributed by atoms with E-state index in [0.29, 0.717) is 5.92 Å². The first kappa shape index (κ1) is 15.5. The van der Waals surface area contributed by atoms with Crippen LogP contribution in [0.5, 0.6) is 5.75 Å². The Morgan fingerprint density at radius 1 is 1.11 bits per heavy atom. The maximum atomic E-state index is 11.7. The SMILES string of the molecule is Cc1ccc(OC(C)COC(=O)C(C)C(C)C)cc1. The number of esters is 1. The standard InChI is InChI=1S/C16H24O3/c1-11(2)14(5)16(17)18-10-13(4)19-15-8-6-12(3)7-9-15/h6-9,11,13-14H,10H2,1-5H3. The summed E-state index contributed by atoms with van der Waals surface area (Å²) >= 11 is 0. The second kappa shape index (κ2) is 7.17. The zero-order chi connectivity index (χ0) is 14.4. The van der Waals surface area contributed by atoms with E-state index in [1.54, 1.807) is 0 Å². The molecule has 106 valence electrons. The molecule has 0 fully saturated rings. The third-order valence-electron chi connectivity index (χ3n) is 3.19. The molecule has 0 radical (unpaired) electrons. The van der Waals surface area contributed by atoms with Crippen molar-refractivity contribution >= 4 is 5.97 Å². The number of ether oxygens (including phenoxy) is 2. The van der Waals surface area contributed by atoms with Gasteiger partial charge in [0.05, 0.1) is 5.92 Å². The summed E-state index contributed by atoms with van der Waals surface area (Å²) < 4.78 is 10.9. The number of rotatable bonds is 6. The molecular formula is C16H24O3. The smallest absolute Gasteiger partial charge is 0.309 e. The van der Waals surface area contributed by atoms with E-state index in [0.717, 1.165) is 5.75 Å². The number of aryl methyl sites for hydroxylation is 1. The van der Waals surface area contributed by atoms with Crippen LogP contribution in [-0.4, -0.2) is 18.7 Å². The van der Waals surface area contributed by atoms with Crippen LogP contribution < -0.4 is 4.74 Å². The van der Waals surface area contributed by atoms with Gasteiger partial charge < -0.3 is 9.47 Å². The van der Waals surface area contributed by atoms with Gasteiger partial charge in [-0.3, -0.25) is 4.79 Å². The highest BCUT2D eigenvalue weighted by Gasteiger charge is 2.19. The molecule has 0 aliphatic rings. The average molecular weight is 264 g/mol. The van der Waals surface area contributed by atoms with E-state index in [2.05, 4.69) is 0 Å². The van der Waals surface area contributed by atoms with Crippen LogP contribution in [0.3, 0.4) is 0 Å². The van der Waals surface area contributed by atoms with Crippen molar-refractivity contribution in [2.75, 3.05) is 6.61 Å². The molecule has 0 aliphatic carbocycles. The minimum Gasteiger partial charge on any atom is -0.487 e. The van der Waals surface area contributed by atoms with Crippen molar-refractivity contribution in [3.05, 3.63) is 29.8 Å². The predicted octanol–water partition coefficient (Wildman–Crippen LogP) is 3.60. The van der Waals surface area contributed by atoms with Gasteiger partial charge in [-0.25, -0.2) is 0 Å². The molecule has 0 N–H and O–H groups in total. The van der Waals surface area contributed by atoms with Crippen LogP contribution >= 0.6 is 0 Å². The van der Waals surface area contributed by atoms with Crippen molar-refractivity contribution in [1.29, 1.82) is 0 Å². The first-order valence-corrected chi connectivity index (χ1v) is 6.80. The second-order valence-corrected chi connectivity index (χ2v) is 5.40. The molecule has 19 heavy (non-hydrogen) atoms. The molecule has 3 heteroatoms. The summed E-state index contributed by atoms with van der Waals surface area (Å²) in [5.74, 6) is 0.854. The Morgan fingerprint density at radius 3 is 2.21 bits per heavy atom. The molecule has 0 saturated heterocycles. The quantitative estimate of drug-likeness (QED) is 0.736. The van der Waals surface area contributed by atoms with Gasteiger partial charge in [0, 0.05) is 0 Å². The van der Waals surface area contributed by atoms with Crippen molar-refractivity contribution in [3.8, 4) is 5.75 Å². The third kappa shape index (κ3) is 5.33. The minimum atomic E-state index is -0.158. The van der Waals surface area contributed by atoms with E-state index in [1.807, 2.05) is 58.9 Å². The van der Waals surface area contributed by atoms with Crippen LogP contribution in [-0.2, 0) is 9.53 Å². The van der Waals surface area contributed by atoms with Gasteiger partial charge in [0.25, 0.3) is 0 Å². The van der Waals surface area contributed by atoms with Crippen LogP contribution in [0.1, 0.15) is 33.3 Å². The summed E-state index contributed by atoms with van der Waals surface area (Å²) in [4.78, 5) is 11.7. The molecule has 1 rings (SSSR count). The second-order valence-electron chi connectivity index (χ2n) is 5.40. The molecule has 0 aromatic heterocycles. The molecular weight excluding hydrogens is 240 g/mol. The molecule has 2 atom stereocenters. The van der Waals surface area contributed by atoms with Crippen molar-refractivity contribution < 1.29 is 14.3 Å². The Hall–Kier alpha value is -1.51. The first-order chi connectivity index (χ1) is 8.90. The van der Waals surface area contributed by atoms with Gasteiger partial charge in [-0.15, -0.1) is 0 Å². The molecule has 0 saturated carbocycles. The third-order valence-corrected chi connectivity index (χ3v) is 3.19. The van der Waals surface area contributed by atoms with Gasteiger partial charge >= 0.3 is 5.97 Å². The van der Waals surface area contributed by atoms with Gasteiger partial charge in [-0.1, -0.05) is 38.5 Å².